The van der Waals surface area contributed by atoms with Gasteiger partial charge in [0.15, 0.2) is 0 Å². The van der Waals surface area contributed by atoms with Gasteiger partial charge in [0.1, 0.15) is 11.5 Å². The van der Waals surface area contributed by atoms with Gasteiger partial charge in [-0.3, -0.25) is 9.59 Å². The largest absolute Gasteiger partial charge is 0.548 e. The number of aliphatic carboxylic acids is 1. The van der Waals surface area contributed by atoms with Crippen LogP contribution in [0, 0.1) is 5.82 Å². The maximum atomic E-state index is 13.0. The Morgan fingerprint density at radius 1 is 1.07 bits per heavy atom. The second-order valence-corrected chi connectivity index (χ2v) is 5.83. The van der Waals surface area contributed by atoms with Gasteiger partial charge in [-0.05, 0) is 35.8 Å². The highest BCUT2D eigenvalue weighted by Crippen LogP contribution is 2.09. The monoisotopic (exact) mass is 369 g/mol. The van der Waals surface area contributed by atoms with Crippen LogP contribution in [0.2, 0.25) is 0 Å². The molecule has 1 atom stereocenters. The molecule has 0 fully saturated rings. The smallest absolute Gasteiger partial charge is 0.268 e. The molecule has 140 valence electrons. The van der Waals surface area contributed by atoms with Crippen LogP contribution in [-0.2, 0) is 20.8 Å². The van der Waals surface area contributed by atoms with Crippen LogP contribution in [0.3, 0.4) is 0 Å². The van der Waals surface area contributed by atoms with E-state index in [1.54, 1.807) is 30.3 Å². The lowest BCUT2D eigenvalue weighted by molar-refractivity contribution is -0.308. The molecule has 27 heavy (non-hydrogen) atoms. The second kappa shape index (κ2) is 9.28. The number of carbonyl (C=O) groups is 3. The molecular formula is C20H18FN2O4-. The third-order valence-electron chi connectivity index (χ3n) is 3.61. The number of hydrogen-bond acceptors (Lipinski definition) is 4. The topological polar surface area (TPSA) is 98.3 Å². The summed E-state index contributed by atoms with van der Waals surface area (Å²) in [6, 6.07) is 12.7. The summed E-state index contributed by atoms with van der Waals surface area (Å²) in [7, 11) is 0. The van der Waals surface area contributed by atoms with E-state index in [0.29, 0.717) is 11.1 Å². The van der Waals surface area contributed by atoms with Crippen molar-refractivity contribution in [2.24, 2.45) is 0 Å². The van der Waals surface area contributed by atoms with Crippen molar-refractivity contribution < 1.29 is 23.9 Å². The van der Waals surface area contributed by atoms with Gasteiger partial charge in [-0.2, -0.15) is 0 Å². The molecule has 0 bridgehead atoms. The van der Waals surface area contributed by atoms with Crippen molar-refractivity contribution in [3.05, 3.63) is 77.2 Å². The Balaban J connectivity index is 2.21. The second-order valence-electron chi connectivity index (χ2n) is 5.83. The third-order valence-corrected chi connectivity index (χ3v) is 3.61. The number of carboxylic acids is 1. The number of rotatable bonds is 7. The molecule has 0 aliphatic rings. The maximum absolute atomic E-state index is 13.0. The summed E-state index contributed by atoms with van der Waals surface area (Å²) in [5.41, 5.74) is 1.01. The highest BCUT2D eigenvalue weighted by atomic mass is 19.1. The Morgan fingerprint density at radius 2 is 1.70 bits per heavy atom. The fraction of sp³-hybridized carbons (Fsp3) is 0.150. The minimum absolute atomic E-state index is 0.0266. The number of halogens is 1. The number of hydrogen-bond donors (Lipinski definition) is 2. The van der Waals surface area contributed by atoms with Crippen LogP contribution in [0.25, 0.3) is 6.08 Å². The molecule has 2 amide bonds. The lowest BCUT2D eigenvalue weighted by Crippen LogP contribution is -2.50. The van der Waals surface area contributed by atoms with Gasteiger partial charge >= 0.3 is 0 Å². The summed E-state index contributed by atoms with van der Waals surface area (Å²) in [5.74, 6) is -3.19. The molecule has 0 spiro atoms. The Morgan fingerprint density at radius 3 is 2.26 bits per heavy atom. The van der Waals surface area contributed by atoms with Crippen molar-refractivity contribution in [1.82, 2.24) is 10.6 Å². The molecule has 2 aromatic carbocycles. The Bertz CT molecular complexity index is 848. The molecular weight excluding hydrogens is 351 g/mol. The van der Waals surface area contributed by atoms with Crippen LogP contribution in [0.1, 0.15) is 18.1 Å². The van der Waals surface area contributed by atoms with E-state index in [4.69, 9.17) is 0 Å². The van der Waals surface area contributed by atoms with Gasteiger partial charge in [-0.25, -0.2) is 4.39 Å². The molecule has 2 rings (SSSR count). The molecule has 2 N–H and O–H groups in total. The zero-order valence-corrected chi connectivity index (χ0v) is 14.6. The van der Waals surface area contributed by atoms with Crippen LogP contribution in [-0.4, -0.2) is 23.8 Å². The summed E-state index contributed by atoms with van der Waals surface area (Å²) in [4.78, 5) is 35.3. The van der Waals surface area contributed by atoms with E-state index in [9.17, 15) is 23.9 Å². The van der Waals surface area contributed by atoms with Crippen LogP contribution < -0.4 is 15.7 Å². The molecule has 0 aromatic heterocycles. The van der Waals surface area contributed by atoms with E-state index in [1.807, 2.05) is 0 Å². The fourth-order valence-electron chi connectivity index (χ4n) is 2.35. The van der Waals surface area contributed by atoms with Gasteiger partial charge in [0, 0.05) is 6.92 Å². The predicted octanol–water partition coefficient (Wildman–Crippen LogP) is 0.780. The van der Waals surface area contributed by atoms with E-state index in [2.05, 4.69) is 10.6 Å². The summed E-state index contributed by atoms with van der Waals surface area (Å²) >= 11 is 0. The molecule has 2 aromatic rings. The number of carbonyl (C=O) groups excluding carboxylic acids is 3. The van der Waals surface area contributed by atoms with Crippen molar-refractivity contribution in [2.75, 3.05) is 0 Å². The van der Waals surface area contributed by atoms with Gasteiger partial charge in [-0.1, -0.05) is 42.5 Å². The molecule has 1 unspecified atom stereocenters. The van der Waals surface area contributed by atoms with E-state index in [0.717, 1.165) is 0 Å². The first-order valence-electron chi connectivity index (χ1n) is 8.15. The quantitative estimate of drug-likeness (QED) is 0.705. The van der Waals surface area contributed by atoms with Crippen molar-refractivity contribution in [2.45, 2.75) is 19.4 Å². The van der Waals surface area contributed by atoms with E-state index in [-0.39, 0.29) is 12.1 Å². The number of nitrogens with one attached hydrogen (secondary N) is 2. The maximum Gasteiger partial charge on any atom is 0.268 e. The normalized spacial score (nSPS) is 12.1. The average Bonchev–Trinajstić information content (AvgIpc) is 2.62. The van der Waals surface area contributed by atoms with Gasteiger partial charge in [0.2, 0.25) is 5.91 Å². The highest BCUT2D eigenvalue weighted by molar-refractivity contribution is 6.02. The van der Waals surface area contributed by atoms with Crippen molar-refractivity contribution >= 4 is 23.9 Å². The van der Waals surface area contributed by atoms with Gasteiger partial charge in [0.25, 0.3) is 5.91 Å². The highest BCUT2D eigenvalue weighted by Gasteiger charge is 2.18. The van der Waals surface area contributed by atoms with Crippen LogP contribution in [0.15, 0.2) is 60.3 Å². The van der Waals surface area contributed by atoms with Gasteiger partial charge in [0.05, 0.1) is 12.0 Å². The summed E-state index contributed by atoms with van der Waals surface area (Å²) in [6.07, 6.45) is 1.35. The number of benzene rings is 2. The predicted molar refractivity (Wildman–Crippen MR) is 95.3 cm³/mol. The Hall–Kier alpha value is -3.48. The standard InChI is InChI=1S/C20H19FN2O4/c1-13(24)22-17(11-15-7-9-16(21)10-8-15)19(25)23-18(20(26)27)12-14-5-3-2-4-6-14/h2-11,18H,12H2,1H3,(H,22,24)(H,23,25)(H,26,27)/p-1. The minimum Gasteiger partial charge on any atom is -0.548 e. The Kier molecular flexibility index (Phi) is 6.82. The lowest BCUT2D eigenvalue weighted by Gasteiger charge is -2.21. The molecule has 6 nitrogen and oxygen atoms in total. The lowest BCUT2D eigenvalue weighted by atomic mass is 10.1. The van der Waals surface area contributed by atoms with Crippen molar-refractivity contribution in [1.29, 1.82) is 0 Å². The van der Waals surface area contributed by atoms with E-state index in [1.165, 1.54) is 37.3 Å². The van der Waals surface area contributed by atoms with Crippen LogP contribution >= 0.6 is 0 Å². The number of carboxylic acid groups (broad SMARTS) is 1. The summed E-state index contributed by atoms with van der Waals surface area (Å²) in [6.45, 7) is 1.21. The molecule has 0 radical (unpaired) electrons. The van der Waals surface area contributed by atoms with Crippen molar-refractivity contribution in [3.63, 3.8) is 0 Å². The third kappa shape index (κ3) is 6.39. The van der Waals surface area contributed by atoms with E-state index < -0.39 is 29.6 Å². The van der Waals surface area contributed by atoms with Crippen LogP contribution in [0.5, 0.6) is 0 Å². The first-order chi connectivity index (χ1) is 12.8. The molecule has 0 aliphatic carbocycles. The molecule has 7 heteroatoms. The molecule has 0 saturated heterocycles. The SMILES string of the molecule is CC(=O)NC(=Cc1ccc(F)cc1)C(=O)NC(Cc1ccccc1)C(=O)[O-]. The zero-order valence-electron chi connectivity index (χ0n) is 14.6. The first kappa shape index (κ1) is 19.8. The first-order valence-corrected chi connectivity index (χ1v) is 8.15. The summed E-state index contributed by atoms with van der Waals surface area (Å²) < 4.78 is 13.0. The molecule has 0 heterocycles. The Labute approximate surface area is 155 Å². The number of amides is 2. The average molecular weight is 369 g/mol. The zero-order chi connectivity index (χ0) is 19.8. The van der Waals surface area contributed by atoms with Crippen molar-refractivity contribution in [3.8, 4) is 0 Å². The van der Waals surface area contributed by atoms with Gasteiger partial charge in [-0.15, -0.1) is 0 Å². The minimum atomic E-state index is -1.45. The van der Waals surface area contributed by atoms with Crippen LogP contribution in [0.4, 0.5) is 4.39 Å². The van der Waals surface area contributed by atoms with E-state index >= 15 is 0 Å². The molecule has 0 saturated carbocycles. The summed E-state index contributed by atoms with van der Waals surface area (Å²) in [5, 5.41) is 16.1. The molecule has 0 aliphatic heterocycles. The fourth-order valence-corrected chi connectivity index (χ4v) is 2.35. The van der Waals surface area contributed by atoms with Gasteiger partial charge < -0.3 is 20.5 Å².